The normalized spacial score (nSPS) is 21.8. The molecular formula is C24H28N2O5. The van der Waals surface area contributed by atoms with Crippen molar-refractivity contribution in [3.63, 3.8) is 0 Å². The fraction of sp³-hybridized carbons (Fsp3) is 0.458. The van der Waals surface area contributed by atoms with Crippen LogP contribution < -0.4 is 18.9 Å². The van der Waals surface area contributed by atoms with Crippen molar-refractivity contribution in [2.24, 2.45) is 0 Å². The Morgan fingerprint density at radius 3 is 2.74 bits per heavy atom. The van der Waals surface area contributed by atoms with Crippen molar-refractivity contribution in [1.82, 2.24) is 9.80 Å². The maximum absolute atomic E-state index is 13.6. The number of nitrogens with zero attached hydrogens (tertiary/aromatic N) is 2. The van der Waals surface area contributed by atoms with Gasteiger partial charge in [-0.2, -0.15) is 0 Å². The standard InChI is InChI=1S/C24H28N2O5/c1-2-25-11-5-6-18(25)14-26(13-17-9-10-20-22(12-17)30-16-29-20)24(27)23-15-28-19-7-3-4-8-21(19)31-23/h3-4,7-10,12,18,23H,2,5-6,11,13-16H2,1H3. The first kappa shape index (κ1) is 20.0. The summed E-state index contributed by atoms with van der Waals surface area (Å²) in [6.45, 7) is 5.87. The number of para-hydroxylation sites is 2. The van der Waals surface area contributed by atoms with Crippen LogP contribution in [-0.4, -0.2) is 60.9 Å². The second-order valence-electron chi connectivity index (χ2n) is 8.20. The van der Waals surface area contributed by atoms with Gasteiger partial charge >= 0.3 is 0 Å². The number of hydrogen-bond donors (Lipinski definition) is 0. The van der Waals surface area contributed by atoms with Crippen molar-refractivity contribution in [1.29, 1.82) is 0 Å². The monoisotopic (exact) mass is 424 g/mol. The number of rotatable bonds is 6. The summed E-state index contributed by atoms with van der Waals surface area (Å²) in [6, 6.07) is 13.7. The molecule has 0 radical (unpaired) electrons. The van der Waals surface area contributed by atoms with Crippen molar-refractivity contribution in [2.45, 2.75) is 38.5 Å². The quantitative estimate of drug-likeness (QED) is 0.710. The number of likely N-dealkylation sites (tertiary alicyclic amines) is 1. The van der Waals surface area contributed by atoms with E-state index in [0.717, 1.165) is 36.6 Å². The van der Waals surface area contributed by atoms with Crippen LogP contribution in [0.2, 0.25) is 0 Å². The Kier molecular flexibility index (Phi) is 5.59. The van der Waals surface area contributed by atoms with Crippen LogP contribution >= 0.6 is 0 Å². The third kappa shape index (κ3) is 4.14. The molecule has 0 N–H and O–H groups in total. The third-order valence-corrected chi connectivity index (χ3v) is 6.24. The first-order valence-electron chi connectivity index (χ1n) is 11.0. The lowest BCUT2D eigenvalue weighted by Gasteiger charge is -2.34. The second kappa shape index (κ2) is 8.67. The average Bonchev–Trinajstić information content (AvgIpc) is 3.46. The maximum atomic E-state index is 13.6. The molecule has 31 heavy (non-hydrogen) atoms. The Balaban J connectivity index is 1.36. The molecular weight excluding hydrogens is 396 g/mol. The van der Waals surface area contributed by atoms with Crippen LogP contribution in [-0.2, 0) is 11.3 Å². The van der Waals surface area contributed by atoms with Crippen molar-refractivity contribution in [2.75, 3.05) is 33.0 Å². The number of carbonyl (C=O) groups is 1. The predicted molar refractivity (Wildman–Crippen MR) is 115 cm³/mol. The van der Waals surface area contributed by atoms with Crippen molar-refractivity contribution in [3.8, 4) is 23.0 Å². The van der Waals surface area contributed by atoms with E-state index < -0.39 is 6.10 Å². The highest BCUT2D eigenvalue weighted by Crippen LogP contribution is 2.34. The highest BCUT2D eigenvalue weighted by Gasteiger charge is 2.34. The van der Waals surface area contributed by atoms with Crippen LogP contribution in [0.1, 0.15) is 25.3 Å². The molecule has 2 unspecified atom stereocenters. The highest BCUT2D eigenvalue weighted by molar-refractivity contribution is 5.82. The van der Waals surface area contributed by atoms with E-state index in [4.69, 9.17) is 18.9 Å². The zero-order valence-corrected chi connectivity index (χ0v) is 17.8. The van der Waals surface area contributed by atoms with Gasteiger partial charge in [-0.05, 0) is 55.8 Å². The molecule has 0 spiro atoms. The average molecular weight is 424 g/mol. The lowest BCUT2D eigenvalue weighted by molar-refractivity contribution is -0.142. The minimum absolute atomic E-state index is 0.0462. The van der Waals surface area contributed by atoms with E-state index >= 15 is 0 Å². The molecule has 3 aliphatic rings. The van der Waals surface area contributed by atoms with Gasteiger partial charge in [-0.1, -0.05) is 25.1 Å². The molecule has 1 amide bonds. The van der Waals surface area contributed by atoms with E-state index in [2.05, 4.69) is 11.8 Å². The van der Waals surface area contributed by atoms with Crippen LogP contribution in [0.25, 0.3) is 0 Å². The molecule has 3 heterocycles. The summed E-state index contributed by atoms with van der Waals surface area (Å²) in [5.74, 6) is 2.73. The summed E-state index contributed by atoms with van der Waals surface area (Å²) in [7, 11) is 0. The molecule has 0 bridgehead atoms. The summed E-state index contributed by atoms with van der Waals surface area (Å²) in [6.07, 6.45) is 1.62. The molecule has 5 rings (SSSR count). The van der Waals surface area contributed by atoms with Crippen LogP contribution in [0.3, 0.4) is 0 Å². The van der Waals surface area contributed by atoms with Crippen molar-refractivity contribution >= 4 is 5.91 Å². The molecule has 2 aromatic rings. The van der Waals surface area contributed by atoms with E-state index in [9.17, 15) is 4.79 Å². The third-order valence-electron chi connectivity index (χ3n) is 6.24. The van der Waals surface area contributed by atoms with E-state index in [0.29, 0.717) is 30.6 Å². The topological polar surface area (TPSA) is 60.5 Å². The van der Waals surface area contributed by atoms with Gasteiger partial charge in [-0.25, -0.2) is 0 Å². The van der Waals surface area contributed by atoms with Crippen LogP contribution in [0.15, 0.2) is 42.5 Å². The number of hydrogen-bond acceptors (Lipinski definition) is 6. The molecule has 1 fully saturated rings. The first-order chi connectivity index (χ1) is 15.2. The fourth-order valence-electron chi connectivity index (χ4n) is 4.61. The summed E-state index contributed by atoms with van der Waals surface area (Å²) >= 11 is 0. The smallest absolute Gasteiger partial charge is 0.267 e. The number of amides is 1. The Morgan fingerprint density at radius 1 is 1.06 bits per heavy atom. The van der Waals surface area contributed by atoms with Gasteiger partial charge in [0, 0.05) is 19.1 Å². The SMILES string of the molecule is CCN1CCCC1CN(Cc1ccc2c(c1)OCO2)C(=O)C1COc2ccccc2O1. The lowest BCUT2D eigenvalue weighted by atomic mass is 10.1. The van der Waals surface area contributed by atoms with Gasteiger partial charge < -0.3 is 23.8 Å². The largest absolute Gasteiger partial charge is 0.485 e. The van der Waals surface area contributed by atoms with Gasteiger partial charge in [0.25, 0.3) is 5.91 Å². The van der Waals surface area contributed by atoms with Crippen LogP contribution in [0, 0.1) is 0 Å². The highest BCUT2D eigenvalue weighted by atomic mass is 16.7. The van der Waals surface area contributed by atoms with Gasteiger partial charge in [-0.15, -0.1) is 0 Å². The van der Waals surface area contributed by atoms with E-state index in [-0.39, 0.29) is 19.3 Å². The zero-order chi connectivity index (χ0) is 21.2. The van der Waals surface area contributed by atoms with E-state index in [1.54, 1.807) is 0 Å². The molecule has 3 aliphatic heterocycles. The van der Waals surface area contributed by atoms with Crippen molar-refractivity contribution < 1.29 is 23.7 Å². The summed E-state index contributed by atoms with van der Waals surface area (Å²) in [5, 5.41) is 0. The maximum Gasteiger partial charge on any atom is 0.267 e. The Bertz CT molecular complexity index is 949. The zero-order valence-electron chi connectivity index (χ0n) is 17.8. The lowest BCUT2D eigenvalue weighted by Crippen LogP contribution is -2.50. The number of benzene rings is 2. The van der Waals surface area contributed by atoms with E-state index in [1.165, 1.54) is 6.42 Å². The molecule has 0 aliphatic carbocycles. The summed E-state index contributed by atoms with van der Waals surface area (Å²) in [4.78, 5) is 17.9. The van der Waals surface area contributed by atoms with Crippen LogP contribution in [0.4, 0.5) is 0 Å². The van der Waals surface area contributed by atoms with Gasteiger partial charge in [0.15, 0.2) is 23.0 Å². The molecule has 0 aromatic heterocycles. The van der Waals surface area contributed by atoms with Gasteiger partial charge in [-0.3, -0.25) is 9.69 Å². The predicted octanol–water partition coefficient (Wildman–Crippen LogP) is 3.07. The number of fused-ring (bicyclic) bond motifs is 2. The van der Waals surface area contributed by atoms with Crippen LogP contribution in [0.5, 0.6) is 23.0 Å². The summed E-state index contributed by atoms with van der Waals surface area (Å²) in [5.41, 5.74) is 1.01. The molecule has 0 saturated carbocycles. The fourth-order valence-corrected chi connectivity index (χ4v) is 4.61. The molecule has 164 valence electrons. The number of likely N-dealkylation sites (N-methyl/N-ethyl adjacent to an activating group) is 1. The minimum atomic E-state index is -0.652. The number of carbonyl (C=O) groups excluding carboxylic acids is 1. The molecule has 7 nitrogen and oxygen atoms in total. The van der Waals surface area contributed by atoms with Gasteiger partial charge in [0.05, 0.1) is 0 Å². The molecule has 7 heteroatoms. The Morgan fingerprint density at radius 2 is 1.87 bits per heavy atom. The van der Waals surface area contributed by atoms with Gasteiger partial charge in [0.2, 0.25) is 12.9 Å². The Labute approximate surface area is 182 Å². The first-order valence-corrected chi connectivity index (χ1v) is 11.0. The van der Waals surface area contributed by atoms with Crippen molar-refractivity contribution in [3.05, 3.63) is 48.0 Å². The van der Waals surface area contributed by atoms with E-state index in [1.807, 2.05) is 47.4 Å². The molecule has 2 aromatic carbocycles. The van der Waals surface area contributed by atoms with Gasteiger partial charge in [0.1, 0.15) is 6.61 Å². The summed E-state index contributed by atoms with van der Waals surface area (Å²) < 4.78 is 22.8. The second-order valence-corrected chi connectivity index (χ2v) is 8.20. The number of ether oxygens (including phenoxy) is 4. The molecule has 1 saturated heterocycles. The minimum Gasteiger partial charge on any atom is -0.485 e. The molecule has 2 atom stereocenters. The Hall–Kier alpha value is -2.93.